The molecule has 0 aliphatic carbocycles. The summed E-state index contributed by atoms with van der Waals surface area (Å²) in [6.45, 7) is 14.4. The Labute approximate surface area is 77.1 Å². The lowest BCUT2D eigenvalue weighted by Gasteiger charge is -2.41. The molecule has 1 unspecified atom stereocenters. The molecule has 0 amide bonds. The molecule has 1 heteroatoms. The van der Waals surface area contributed by atoms with Crippen LogP contribution in [-0.2, 0) is 0 Å². The summed E-state index contributed by atoms with van der Waals surface area (Å²) in [4.78, 5) is 2.61. The van der Waals surface area contributed by atoms with E-state index in [4.69, 9.17) is 0 Å². The lowest BCUT2D eigenvalue weighted by molar-refractivity contribution is 0.0656. The monoisotopic (exact) mass is 169 g/mol. The third-order valence-corrected chi connectivity index (χ3v) is 3.57. The maximum Gasteiger partial charge on any atom is 0.00388 e. The van der Waals surface area contributed by atoms with Gasteiger partial charge in [0.25, 0.3) is 0 Å². The lowest BCUT2D eigenvalue weighted by atomic mass is 9.80. The molecule has 1 aliphatic heterocycles. The Kier molecular flexibility index (Phi) is 3.16. The zero-order valence-corrected chi connectivity index (χ0v) is 9.17. The molecule has 0 aromatic rings. The summed E-state index contributed by atoms with van der Waals surface area (Å²) < 4.78 is 0. The van der Waals surface area contributed by atoms with Gasteiger partial charge in [-0.05, 0) is 31.6 Å². The van der Waals surface area contributed by atoms with Crippen molar-refractivity contribution in [1.29, 1.82) is 0 Å². The standard InChI is InChI=1S/C11H23N/c1-8(2)12-6-9(3)11(5)10(4)7-12/h8-11H,6-7H2,1-5H3/t9-,10+,11?. The Hall–Kier alpha value is -0.0400. The minimum absolute atomic E-state index is 0.724. The zero-order chi connectivity index (χ0) is 9.30. The first-order valence-corrected chi connectivity index (χ1v) is 5.26. The van der Waals surface area contributed by atoms with Crippen LogP contribution in [-0.4, -0.2) is 24.0 Å². The molecule has 0 saturated carbocycles. The predicted octanol–water partition coefficient (Wildman–Crippen LogP) is 2.62. The van der Waals surface area contributed by atoms with Crippen LogP contribution in [0.1, 0.15) is 34.6 Å². The summed E-state index contributed by atoms with van der Waals surface area (Å²) in [5, 5.41) is 0. The van der Waals surface area contributed by atoms with E-state index in [0.717, 1.165) is 23.8 Å². The Morgan fingerprint density at radius 1 is 1.00 bits per heavy atom. The first-order valence-electron chi connectivity index (χ1n) is 5.26. The van der Waals surface area contributed by atoms with Gasteiger partial charge in [-0.3, -0.25) is 0 Å². The molecule has 0 spiro atoms. The average molecular weight is 169 g/mol. The highest BCUT2D eigenvalue weighted by Crippen LogP contribution is 2.28. The minimum atomic E-state index is 0.724. The van der Waals surface area contributed by atoms with E-state index in [1.54, 1.807) is 0 Å². The van der Waals surface area contributed by atoms with Crippen molar-refractivity contribution >= 4 is 0 Å². The van der Waals surface area contributed by atoms with E-state index in [1.165, 1.54) is 13.1 Å². The summed E-state index contributed by atoms with van der Waals surface area (Å²) in [6, 6.07) is 0.724. The van der Waals surface area contributed by atoms with Crippen molar-refractivity contribution < 1.29 is 0 Å². The topological polar surface area (TPSA) is 3.24 Å². The van der Waals surface area contributed by atoms with E-state index in [2.05, 4.69) is 39.5 Å². The van der Waals surface area contributed by atoms with Crippen molar-refractivity contribution in [1.82, 2.24) is 4.90 Å². The second kappa shape index (κ2) is 3.78. The molecule has 1 fully saturated rings. The van der Waals surface area contributed by atoms with Crippen molar-refractivity contribution in [2.24, 2.45) is 17.8 Å². The van der Waals surface area contributed by atoms with E-state index in [-0.39, 0.29) is 0 Å². The summed E-state index contributed by atoms with van der Waals surface area (Å²) in [5.74, 6) is 2.65. The van der Waals surface area contributed by atoms with Crippen molar-refractivity contribution in [3.63, 3.8) is 0 Å². The van der Waals surface area contributed by atoms with Gasteiger partial charge >= 0.3 is 0 Å². The Balaban J connectivity index is 2.53. The van der Waals surface area contributed by atoms with Gasteiger partial charge in [0, 0.05) is 19.1 Å². The molecule has 0 aromatic carbocycles. The van der Waals surface area contributed by atoms with E-state index in [9.17, 15) is 0 Å². The summed E-state index contributed by atoms with van der Waals surface area (Å²) in [7, 11) is 0. The molecule has 1 rings (SSSR count). The largest absolute Gasteiger partial charge is 0.300 e. The Morgan fingerprint density at radius 3 is 1.75 bits per heavy atom. The maximum atomic E-state index is 2.61. The highest BCUT2D eigenvalue weighted by Gasteiger charge is 2.29. The normalized spacial score (nSPS) is 39.0. The number of rotatable bonds is 1. The molecule has 12 heavy (non-hydrogen) atoms. The molecular formula is C11H23N. The first-order chi connectivity index (χ1) is 5.52. The lowest BCUT2D eigenvalue weighted by Crippen LogP contribution is -2.46. The quantitative estimate of drug-likeness (QED) is 0.583. The second-order valence-corrected chi connectivity index (χ2v) is 4.86. The van der Waals surface area contributed by atoms with Gasteiger partial charge < -0.3 is 4.90 Å². The van der Waals surface area contributed by atoms with Crippen molar-refractivity contribution in [2.75, 3.05) is 13.1 Å². The molecule has 0 radical (unpaired) electrons. The molecular weight excluding hydrogens is 146 g/mol. The molecule has 72 valence electrons. The van der Waals surface area contributed by atoms with Crippen LogP contribution in [0.25, 0.3) is 0 Å². The highest BCUT2D eigenvalue weighted by atomic mass is 15.2. The van der Waals surface area contributed by atoms with Crippen molar-refractivity contribution in [3.8, 4) is 0 Å². The van der Waals surface area contributed by atoms with Gasteiger partial charge in [0.05, 0.1) is 0 Å². The molecule has 1 saturated heterocycles. The van der Waals surface area contributed by atoms with Gasteiger partial charge in [-0.25, -0.2) is 0 Å². The SMILES string of the molecule is CC1[C@H](C)CN(C(C)C)C[C@@H]1C. The van der Waals surface area contributed by atoms with Gasteiger partial charge in [-0.15, -0.1) is 0 Å². The summed E-state index contributed by atoms with van der Waals surface area (Å²) in [5.41, 5.74) is 0. The van der Waals surface area contributed by atoms with E-state index in [1.807, 2.05) is 0 Å². The van der Waals surface area contributed by atoms with Gasteiger partial charge in [-0.2, -0.15) is 0 Å². The fourth-order valence-corrected chi connectivity index (χ4v) is 2.13. The van der Waals surface area contributed by atoms with Gasteiger partial charge in [-0.1, -0.05) is 20.8 Å². The Bertz CT molecular complexity index is 130. The second-order valence-electron chi connectivity index (χ2n) is 4.86. The number of piperidine rings is 1. The van der Waals surface area contributed by atoms with Crippen LogP contribution in [0.4, 0.5) is 0 Å². The van der Waals surface area contributed by atoms with Crippen LogP contribution in [0, 0.1) is 17.8 Å². The average Bonchev–Trinajstić information content (AvgIpc) is 1.99. The predicted molar refractivity (Wildman–Crippen MR) is 54.2 cm³/mol. The number of hydrogen-bond donors (Lipinski definition) is 0. The number of likely N-dealkylation sites (tertiary alicyclic amines) is 1. The maximum absolute atomic E-state index is 2.61. The van der Waals surface area contributed by atoms with Crippen LogP contribution in [0.15, 0.2) is 0 Å². The molecule has 1 aliphatic rings. The minimum Gasteiger partial charge on any atom is -0.300 e. The summed E-state index contributed by atoms with van der Waals surface area (Å²) >= 11 is 0. The van der Waals surface area contributed by atoms with Crippen LogP contribution >= 0.6 is 0 Å². The number of hydrogen-bond acceptors (Lipinski definition) is 1. The third kappa shape index (κ3) is 2.01. The third-order valence-electron chi connectivity index (χ3n) is 3.57. The van der Waals surface area contributed by atoms with Gasteiger partial charge in [0.2, 0.25) is 0 Å². The fourth-order valence-electron chi connectivity index (χ4n) is 2.13. The van der Waals surface area contributed by atoms with E-state index < -0.39 is 0 Å². The van der Waals surface area contributed by atoms with Crippen molar-refractivity contribution in [2.45, 2.75) is 40.7 Å². The van der Waals surface area contributed by atoms with Crippen LogP contribution in [0.5, 0.6) is 0 Å². The fraction of sp³-hybridized carbons (Fsp3) is 1.00. The number of nitrogens with zero attached hydrogens (tertiary/aromatic N) is 1. The van der Waals surface area contributed by atoms with Gasteiger partial charge in [0.1, 0.15) is 0 Å². The summed E-state index contributed by atoms with van der Waals surface area (Å²) in [6.07, 6.45) is 0. The van der Waals surface area contributed by atoms with E-state index in [0.29, 0.717) is 0 Å². The van der Waals surface area contributed by atoms with Gasteiger partial charge in [0.15, 0.2) is 0 Å². The smallest absolute Gasteiger partial charge is 0.00388 e. The molecule has 1 heterocycles. The molecule has 0 bridgehead atoms. The van der Waals surface area contributed by atoms with Crippen molar-refractivity contribution in [3.05, 3.63) is 0 Å². The first kappa shape index (κ1) is 10.0. The van der Waals surface area contributed by atoms with Crippen LogP contribution in [0.3, 0.4) is 0 Å². The molecule has 0 N–H and O–H groups in total. The van der Waals surface area contributed by atoms with Crippen LogP contribution in [0.2, 0.25) is 0 Å². The Morgan fingerprint density at radius 2 is 1.42 bits per heavy atom. The van der Waals surface area contributed by atoms with Crippen LogP contribution < -0.4 is 0 Å². The molecule has 3 atom stereocenters. The molecule has 0 aromatic heterocycles. The highest BCUT2D eigenvalue weighted by molar-refractivity contribution is 4.81. The molecule has 1 nitrogen and oxygen atoms in total. The van der Waals surface area contributed by atoms with E-state index >= 15 is 0 Å². The zero-order valence-electron chi connectivity index (χ0n) is 9.17.